The Labute approximate surface area is 112 Å². The predicted molar refractivity (Wildman–Crippen MR) is 70.5 cm³/mol. The number of aromatic carboxylic acids is 1. The molecular formula is C14H17ClO3. The third-order valence-corrected chi connectivity index (χ3v) is 3.79. The summed E-state index contributed by atoms with van der Waals surface area (Å²) >= 11 is 6.05. The second-order valence-corrected chi connectivity index (χ2v) is 5.28. The lowest BCUT2D eigenvalue weighted by atomic mass is 9.88. The van der Waals surface area contributed by atoms with Gasteiger partial charge < -0.3 is 9.84 Å². The standard InChI is InChI=1S/C14H17ClO3/c1-9-4-2-3-5-12(9)18-13-7-6-10(14(16)17)8-11(13)15/h6-9,12H,2-5H2,1H3,(H,16,17). The van der Waals surface area contributed by atoms with Gasteiger partial charge >= 0.3 is 5.97 Å². The molecule has 98 valence electrons. The Balaban J connectivity index is 2.11. The molecule has 0 saturated heterocycles. The Morgan fingerprint density at radius 1 is 1.39 bits per heavy atom. The quantitative estimate of drug-likeness (QED) is 0.901. The second kappa shape index (κ2) is 5.61. The second-order valence-electron chi connectivity index (χ2n) is 4.87. The van der Waals surface area contributed by atoms with Crippen molar-refractivity contribution >= 4 is 17.6 Å². The summed E-state index contributed by atoms with van der Waals surface area (Å²) in [5, 5.41) is 9.23. The third-order valence-electron chi connectivity index (χ3n) is 3.49. The maximum absolute atomic E-state index is 10.8. The van der Waals surface area contributed by atoms with Crippen LogP contribution in [0.1, 0.15) is 43.0 Å². The van der Waals surface area contributed by atoms with Gasteiger partial charge in [0.25, 0.3) is 0 Å². The molecule has 1 aliphatic carbocycles. The van der Waals surface area contributed by atoms with Crippen molar-refractivity contribution in [2.75, 3.05) is 0 Å². The number of carbonyl (C=O) groups is 1. The summed E-state index contributed by atoms with van der Waals surface area (Å²) in [5.74, 6) is 0.129. The molecule has 1 aromatic carbocycles. The summed E-state index contributed by atoms with van der Waals surface area (Å²) in [5.41, 5.74) is 0.184. The first-order valence-electron chi connectivity index (χ1n) is 6.27. The number of carboxylic acid groups (broad SMARTS) is 1. The molecule has 0 radical (unpaired) electrons. The zero-order valence-electron chi connectivity index (χ0n) is 10.4. The number of benzene rings is 1. The average molecular weight is 269 g/mol. The number of hydrogen-bond acceptors (Lipinski definition) is 2. The van der Waals surface area contributed by atoms with Gasteiger partial charge in [0.1, 0.15) is 11.9 Å². The lowest BCUT2D eigenvalue weighted by Crippen LogP contribution is -2.28. The molecule has 2 atom stereocenters. The van der Waals surface area contributed by atoms with Gasteiger partial charge in [0.05, 0.1) is 10.6 Å². The van der Waals surface area contributed by atoms with Gasteiger partial charge in [0, 0.05) is 0 Å². The van der Waals surface area contributed by atoms with Crippen LogP contribution in [0.15, 0.2) is 18.2 Å². The molecule has 4 heteroatoms. The van der Waals surface area contributed by atoms with E-state index in [2.05, 4.69) is 6.92 Å². The Morgan fingerprint density at radius 3 is 2.72 bits per heavy atom. The van der Waals surface area contributed by atoms with Crippen molar-refractivity contribution in [1.29, 1.82) is 0 Å². The summed E-state index contributed by atoms with van der Waals surface area (Å²) in [6.07, 6.45) is 4.84. The van der Waals surface area contributed by atoms with E-state index >= 15 is 0 Å². The topological polar surface area (TPSA) is 46.5 Å². The Bertz CT molecular complexity index is 445. The van der Waals surface area contributed by atoms with Crippen LogP contribution in [-0.4, -0.2) is 17.2 Å². The van der Waals surface area contributed by atoms with Crippen molar-refractivity contribution in [1.82, 2.24) is 0 Å². The molecule has 1 aromatic rings. The summed E-state index contributed by atoms with van der Waals surface area (Å²) in [6.45, 7) is 2.18. The lowest BCUT2D eigenvalue weighted by molar-refractivity contribution is 0.0696. The summed E-state index contributed by atoms with van der Waals surface area (Å²) < 4.78 is 5.91. The van der Waals surface area contributed by atoms with Gasteiger partial charge in [-0.25, -0.2) is 4.79 Å². The molecule has 0 heterocycles. The third kappa shape index (κ3) is 2.96. The molecule has 18 heavy (non-hydrogen) atoms. The molecule has 0 spiro atoms. The zero-order chi connectivity index (χ0) is 13.1. The molecule has 3 nitrogen and oxygen atoms in total. The maximum Gasteiger partial charge on any atom is 0.335 e. The summed E-state index contributed by atoms with van der Waals surface area (Å²) in [4.78, 5) is 10.8. The Hall–Kier alpha value is -1.22. The number of halogens is 1. The van der Waals surface area contributed by atoms with Crippen LogP contribution >= 0.6 is 11.6 Å². The number of carboxylic acids is 1. The Morgan fingerprint density at radius 2 is 2.11 bits per heavy atom. The molecule has 0 bridgehead atoms. The molecule has 1 saturated carbocycles. The van der Waals surface area contributed by atoms with Gasteiger partial charge in [-0.1, -0.05) is 24.9 Å². The van der Waals surface area contributed by atoms with Crippen LogP contribution < -0.4 is 4.74 Å². The smallest absolute Gasteiger partial charge is 0.335 e. The molecule has 1 N–H and O–H groups in total. The van der Waals surface area contributed by atoms with Gasteiger partial charge in [-0.15, -0.1) is 0 Å². The molecule has 2 rings (SSSR count). The molecule has 1 fully saturated rings. The predicted octanol–water partition coefficient (Wildman–Crippen LogP) is 4.00. The van der Waals surface area contributed by atoms with E-state index in [1.807, 2.05) is 0 Å². The maximum atomic E-state index is 10.8. The van der Waals surface area contributed by atoms with Crippen molar-refractivity contribution in [2.45, 2.75) is 38.7 Å². The highest BCUT2D eigenvalue weighted by molar-refractivity contribution is 6.32. The van der Waals surface area contributed by atoms with Crippen molar-refractivity contribution in [3.63, 3.8) is 0 Å². The highest BCUT2D eigenvalue weighted by Gasteiger charge is 2.23. The highest BCUT2D eigenvalue weighted by atomic mass is 35.5. The first kappa shape index (κ1) is 13.2. The first-order valence-corrected chi connectivity index (χ1v) is 6.65. The fraction of sp³-hybridized carbons (Fsp3) is 0.500. The van der Waals surface area contributed by atoms with Crippen LogP contribution in [0.4, 0.5) is 0 Å². The van der Waals surface area contributed by atoms with Crippen molar-refractivity contribution in [3.05, 3.63) is 28.8 Å². The van der Waals surface area contributed by atoms with Gasteiger partial charge in [0.15, 0.2) is 0 Å². The van der Waals surface area contributed by atoms with Crippen LogP contribution in [-0.2, 0) is 0 Å². The normalized spacial score (nSPS) is 23.7. The number of hydrogen-bond donors (Lipinski definition) is 1. The largest absolute Gasteiger partial charge is 0.489 e. The van der Waals surface area contributed by atoms with Gasteiger partial charge in [-0.05, 0) is 43.4 Å². The Kier molecular flexibility index (Phi) is 4.12. The van der Waals surface area contributed by atoms with Gasteiger partial charge in [-0.2, -0.15) is 0 Å². The minimum atomic E-state index is -0.977. The van der Waals surface area contributed by atoms with Crippen LogP contribution in [0.5, 0.6) is 5.75 Å². The van der Waals surface area contributed by atoms with E-state index in [9.17, 15) is 4.79 Å². The molecule has 0 aromatic heterocycles. The van der Waals surface area contributed by atoms with Crippen molar-refractivity contribution in [2.24, 2.45) is 5.92 Å². The minimum Gasteiger partial charge on any atom is -0.489 e. The number of rotatable bonds is 3. The lowest BCUT2D eigenvalue weighted by Gasteiger charge is -2.29. The number of ether oxygens (including phenoxy) is 1. The summed E-state index contributed by atoms with van der Waals surface area (Å²) in [7, 11) is 0. The van der Waals surface area contributed by atoms with Crippen LogP contribution in [0.25, 0.3) is 0 Å². The van der Waals surface area contributed by atoms with Gasteiger partial charge in [-0.3, -0.25) is 0 Å². The minimum absolute atomic E-state index is 0.184. The molecular weight excluding hydrogens is 252 g/mol. The van der Waals surface area contributed by atoms with E-state index in [1.165, 1.54) is 31.4 Å². The SMILES string of the molecule is CC1CCCCC1Oc1ccc(C(=O)O)cc1Cl. The van der Waals surface area contributed by atoms with Crippen LogP contribution in [0.3, 0.4) is 0 Å². The first-order chi connectivity index (χ1) is 8.58. The fourth-order valence-electron chi connectivity index (χ4n) is 2.35. The van der Waals surface area contributed by atoms with Crippen LogP contribution in [0.2, 0.25) is 5.02 Å². The zero-order valence-corrected chi connectivity index (χ0v) is 11.1. The van der Waals surface area contributed by atoms with E-state index in [1.54, 1.807) is 6.07 Å². The summed E-state index contributed by atoms with van der Waals surface area (Å²) in [6, 6.07) is 4.61. The van der Waals surface area contributed by atoms with Crippen molar-refractivity contribution < 1.29 is 14.6 Å². The van der Waals surface area contributed by atoms with Crippen LogP contribution in [0, 0.1) is 5.92 Å². The highest BCUT2D eigenvalue weighted by Crippen LogP contribution is 2.32. The van der Waals surface area contributed by atoms with Crippen molar-refractivity contribution in [3.8, 4) is 5.75 Å². The molecule has 2 unspecified atom stereocenters. The molecule has 0 amide bonds. The van der Waals surface area contributed by atoms with E-state index in [-0.39, 0.29) is 11.7 Å². The molecule has 0 aliphatic heterocycles. The average Bonchev–Trinajstić information content (AvgIpc) is 2.34. The monoisotopic (exact) mass is 268 g/mol. The van der Waals surface area contributed by atoms with Gasteiger partial charge in [0.2, 0.25) is 0 Å². The van der Waals surface area contributed by atoms with E-state index in [0.29, 0.717) is 16.7 Å². The van der Waals surface area contributed by atoms with E-state index in [4.69, 9.17) is 21.4 Å². The molecule has 1 aliphatic rings. The van der Waals surface area contributed by atoms with E-state index < -0.39 is 5.97 Å². The van der Waals surface area contributed by atoms with E-state index in [0.717, 1.165) is 6.42 Å². The fourth-order valence-corrected chi connectivity index (χ4v) is 2.57.